The number of hydrogen-bond donors (Lipinski definition) is 3. The normalized spacial score (nSPS) is 18.2. The Morgan fingerprint density at radius 3 is 1.72 bits per heavy atom. The van der Waals surface area contributed by atoms with Crippen molar-refractivity contribution in [3.05, 3.63) is 0 Å². The van der Waals surface area contributed by atoms with Gasteiger partial charge in [-0.2, -0.15) is 0 Å². The van der Waals surface area contributed by atoms with Gasteiger partial charge < -0.3 is 20.1 Å². The van der Waals surface area contributed by atoms with E-state index in [1.165, 1.54) is 0 Å². The van der Waals surface area contributed by atoms with Crippen LogP contribution in [-0.4, -0.2) is 74.4 Å². The maximum atomic E-state index is 12.5. The zero-order chi connectivity index (χ0) is 20.2. The van der Waals surface area contributed by atoms with E-state index in [4.69, 9.17) is 13.7 Å². The molecule has 0 aliphatic heterocycles. The summed E-state index contributed by atoms with van der Waals surface area (Å²) in [6.45, 7) is 1.93. The molecule has 10 nitrogen and oxygen atoms in total. The molecule has 0 radical (unpaired) electrons. The topological polar surface area (TPSA) is 164 Å². The van der Waals surface area contributed by atoms with Gasteiger partial charge in [-0.1, -0.05) is 0 Å². The number of rotatable bonds is 10. The SMILES string of the molecule is CC(=O)O[C@@](C(C)=O)(C(=O)C(C)=O)[C@](OBr)(C(C)=O)[C@@H](O)[C@H](O)CO. The minimum atomic E-state index is -3.23. The van der Waals surface area contributed by atoms with Crippen LogP contribution in [0.15, 0.2) is 0 Å². The maximum Gasteiger partial charge on any atom is 0.304 e. The first-order valence-corrected chi connectivity index (χ1v) is 7.55. The fourth-order valence-corrected chi connectivity index (χ4v) is 3.08. The number of carbonyl (C=O) groups excluding carboxylic acids is 5. The highest BCUT2D eigenvalue weighted by molar-refractivity contribution is 9.06. The molecule has 142 valence electrons. The monoisotopic (exact) mass is 426 g/mol. The van der Waals surface area contributed by atoms with Crippen LogP contribution < -0.4 is 0 Å². The van der Waals surface area contributed by atoms with Gasteiger partial charge >= 0.3 is 5.97 Å². The van der Waals surface area contributed by atoms with Gasteiger partial charge in [0.15, 0.2) is 17.3 Å². The number of aliphatic hydroxyl groups excluding tert-OH is 3. The van der Waals surface area contributed by atoms with E-state index in [1.54, 1.807) is 0 Å². The molecule has 0 fully saturated rings. The van der Waals surface area contributed by atoms with Crippen LogP contribution in [0.1, 0.15) is 27.7 Å². The Labute approximate surface area is 151 Å². The van der Waals surface area contributed by atoms with Crippen molar-refractivity contribution >= 4 is 45.4 Å². The third-order valence-corrected chi connectivity index (χ3v) is 4.08. The second kappa shape index (κ2) is 8.72. The lowest BCUT2D eigenvalue weighted by Crippen LogP contribution is -2.76. The Hall–Kier alpha value is -1.53. The summed E-state index contributed by atoms with van der Waals surface area (Å²) in [6.07, 6.45) is -4.52. The van der Waals surface area contributed by atoms with E-state index < -0.39 is 59.1 Å². The lowest BCUT2D eigenvalue weighted by atomic mass is 9.69. The predicted octanol–water partition coefficient (Wildman–Crippen LogP) is -1.60. The third kappa shape index (κ3) is 3.85. The van der Waals surface area contributed by atoms with Gasteiger partial charge in [0.25, 0.3) is 11.4 Å². The predicted molar refractivity (Wildman–Crippen MR) is 83.4 cm³/mol. The van der Waals surface area contributed by atoms with Gasteiger partial charge in [0.1, 0.15) is 28.5 Å². The molecule has 0 aliphatic carbocycles. The van der Waals surface area contributed by atoms with E-state index in [0.29, 0.717) is 0 Å². The van der Waals surface area contributed by atoms with Crippen LogP contribution in [0, 0.1) is 0 Å². The fraction of sp³-hybridized carbons (Fsp3) is 0.643. The third-order valence-electron chi connectivity index (χ3n) is 3.57. The van der Waals surface area contributed by atoms with E-state index in [9.17, 15) is 34.2 Å². The van der Waals surface area contributed by atoms with E-state index >= 15 is 0 Å². The number of aliphatic hydroxyl groups is 3. The molecule has 11 heteroatoms. The quantitative estimate of drug-likeness (QED) is 0.210. The number of Topliss-reactive ketones (excluding diaryl/α,β-unsaturated/α-hetero) is 4. The first kappa shape index (κ1) is 23.5. The number of carbonyl (C=O) groups is 5. The Kier molecular flexibility index (Phi) is 8.18. The van der Waals surface area contributed by atoms with Crippen molar-refractivity contribution < 1.29 is 47.9 Å². The van der Waals surface area contributed by atoms with Crippen LogP contribution in [-0.2, 0) is 32.5 Å². The van der Waals surface area contributed by atoms with Gasteiger partial charge in [-0.05, 0) is 13.8 Å². The molecule has 0 aromatic heterocycles. The van der Waals surface area contributed by atoms with Gasteiger partial charge in [0, 0.05) is 13.8 Å². The van der Waals surface area contributed by atoms with Gasteiger partial charge in [0.2, 0.25) is 5.60 Å². The Morgan fingerprint density at radius 1 is 1.00 bits per heavy atom. The lowest BCUT2D eigenvalue weighted by Gasteiger charge is -2.45. The minimum Gasteiger partial charge on any atom is -0.439 e. The first-order valence-electron chi connectivity index (χ1n) is 6.90. The van der Waals surface area contributed by atoms with Crippen molar-refractivity contribution in [2.45, 2.75) is 51.1 Å². The van der Waals surface area contributed by atoms with Crippen molar-refractivity contribution in [1.82, 2.24) is 0 Å². The smallest absolute Gasteiger partial charge is 0.304 e. The molecular formula is C14H19BrO10. The molecule has 0 spiro atoms. The standard InChI is InChI=1S/C14H19BrO10/c1-6(17)11(22)13(7(2)18,24-9(4)20)14(25-15,8(3)19)12(23)10(21)5-16/h10,12,16,21,23H,5H2,1-4H3/t10-,12+,13+,14+/m1/s1. The van der Waals surface area contributed by atoms with Crippen LogP contribution in [0.5, 0.6) is 0 Å². The highest BCUT2D eigenvalue weighted by Gasteiger charge is 2.72. The van der Waals surface area contributed by atoms with Crippen LogP contribution in [0.25, 0.3) is 0 Å². The molecule has 25 heavy (non-hydrogen) atoms. The lowest BCUT2D eigenvalue weighted by molar-refractivity contribution is -0.215. The summed E-state index contributed by atoms with van der Waals surface area (Å²) in [7, 11) is 0. The number of esters is 1. The summed E-state index contributed by atoms with van der Waals surface area (Å²) in [4.78, 5) is 60.3. The van der Waals surface area contributed by atoms with Gasteiger partial charge in [-0.15, -0.1) is 0 Å². The molecular weight excluding hydrogens is 408 g/mol. The van der Waals surface area contributed by atoms with E-state index in [1.807, 2.05) is 0 Å². The molecule has 0 bridgehead atoms. The maximum absolute atomic E-state index is 12.5. The molecule has 0 saturated carbocycles. The van der Waals surface area contributed by atoms with Gasteiger partial charge in [0.05, 0.1) is 6.61 Å². The highest BCUT2D eigenvalue weighted by atomic mass is 79.9. The largest absolute Gasteiger partial charge is 0.439 e. The Morgan fingerprint density at radius 2 is 1.48 bits per heavy atom. The van der Waals surface area contributed by atoms with Gasteiger partial charge in [-0.25, -0.2) is 0 Å². The molecule has 0 saturated heterocycles. The molecule has 0 heterocycles. The first-order chi connectivity index (χ1) is 11.4. The zero-order valence-electron chi connectivity index (χ0n) is 13.9. The number of ketones is 4. The summed E-state index contributed by atoms with van der Waals surface area (Å²) < 4.78 is 9.52. The molecule has 0 unspecified atom stereocenters. The zero-order valence-corrected chi connectivity index (χ0v) is 15.5. The minimum absolute atomic E-state index is 0.728. The summed E-state index contributed by atoms with van der Waals surface area (Å²) in [6, 6.07) is 0. The number of halogens is 1. The molecule has 0 rings (SSSR count). The number of ether oxygens (including phenoxy) is 1. The highest BCUT2D eigenvalue weighted by Crippen LogP contribution is 2.40. The second-order valence-electron chi connectivity index (χ2n) is 5.28. The molecule has 0 amide bonds. The second-order valence-corrected chi connectivity index (χ2v) is 5.60. The van der Waals surface area contributed by atoms with Crippen molar-refractivity contribution in [3.8, 4) is 0 Å². The van der Waals surface area contributed by atoms with Crippen molar-refractivity contribution in [3.63, 3.8) is 0 Å². The summed E-state index contributed by atoms with van der Waals surface area (Å²) in [5, 5.41) is 29.1. The van der Waals surface area contributed by atoms with Crippen LogP contribution in [0.4, 0.5) is 0 Å². The summed E-state index contributed by atoms with van der Waals surface area (Å²) >= 11 is 2.40. The van der Waals surface area contributed by atoms with E-state index in [0.717, 1.165) is 27.7 Å². The summed E-state index contributed by atoms with van der Waals surface area (Å²) in [5.41, 5.74) is -6.27. The van der Waals surface area contributed by atoms with Crippen LogP contribution in [0.3, 0.4) is 0 Å². The molecule has 4 atom stereocenters. The van der Waals surface area contributed by atoms with Crippen LogP contribution in [0.2, 0.25) is 0 Å². The van der Waals surface area contributed by atoms with Crippen molar-refractivity contribution in [2.75, 3.05) is 6.61 Å². The number of hydrogen-bond acceptors (Lipinski definition) is 10. The average Bonchev–Trinajstić information content (AvgIpc) is 2.51. The molecule has 0 aromatic carbocycles. The van der Waals surface area contributed by atoms with Gasteiger partial charge in [-0.3, -0.25) is 27.8 Å². The average molecular weight is 427 g/mol. The van der Waals surface area contributed by atoms with Crippen molar-refractivity contribution in [2.24, 2.45) is 0 Å². The van der Waals surface area contributed by atoms with E-state index in [-0.39, 0.29) is 0 Å². The summed E-state index contributed by atoms with van der Waals surface area (Å²) in [5.74, 6) is -6.74. The van der Waals surface area contributed by atoms with Crippen molar-refractivity contribution in [1.29, 1.82) is 0 Å². The Bertz CT molecular complexity index is 588. The van der Waals surface area contributed by atoms with Crippen LogP contribution >= 0.6 is 16.3 Å². The molecule has 0 aliphatic rings. The Balaban J connectivity index is 7.11. The van der Waals surface area contributed by atoms with E-state index in [2.05, 4.69) is 16.3 Å². The fourth-order valence-electron chi connectivity index (χ4n) is 2.44. The molecule has 3 N–H and O–H groups in total. The molecule has 0 aromatic rings.